The molecule has 0 aromatic heterocycles. The van der Waals surface area contributed by atoms with Crippen molar-refractivity contribution in [3.63, 3.8) is 0 Å². The van der Waals surface area contributed by atoms with Crippen LogP contribution in [-0.4, -0.2) is 14.5 Å². The predicted octanol–water partition coefficient (Wildman–Crippen LogP) is 2.55. The molecular weight excluding hydrogens is 206 g/mol. The van der Waals surface area contributed by atoms with Crippen molar-refractivity contribution in [2.45, 2.75) is 23.2 Å². The Balaban J connectivity index is 0. The van der Waals surface area contributed by atoms with Crippen LogP contribution in [0.15, 0.2) is 0 Å². The molecule has 0 atom stereocenters. The Kier molecular flexibility index (Phi) is 4.96. The van der Waals surface area contributed by atoms with Crippen molar-refractivity contribution < 1.29 is 5.11 Å². The summed E-state index contributed by atoms with van der Waals surface area (Å²) in [6.45, 7) is 2.86. The first-order chi connectivity index (χ1) is 3.25. The average molecular weight is 214 g/mol. The van der Waals surface area contributed by atoms with E-state index in [1.54, 1.807) is 0 Å². The molecule has 0 spiro atoms. The van der Waals surface area contributed by atoms with Crippen molar-refractivity contribution >= 4 is 47.2 Å². The zero-order valence-electron chi connectivity index (χ0n) is 4.99. The fourth-order valence-corrected chi connectivity index (χ4v) is 0. The molecule has 0 aliphatic rings. The Bertz CT molecular complexity index is 67.5. The van der Waals surface area contributed by atoms with Crippen molar-refractivity contribution in [2.24, 2.45) is 0 Å². The van der Waals surface area contributed by atoms with E-state index < -0.39 is 9.39 Å². The fourth-order valence-electron chi connectivity index (χ4n) is 0. The van der Waals surface area contributed by atoms with E-state index >= 15 is 0 Å². The van der Waals surface area contributed by atoms with E-state index in [9.17, 15) is 0 Å². The summed E-state index contributed by atoms with van der Waals surface area (Å²) in [4.78, 5) is 0. The number of hydrogen-bond acceptors (Lipinski definition) is 1. The van der Waals surface area contributed by atoms with Crippen molar-refractivity contribution in [3.05, 3.63) is 0 Å². The lowest BCUT2D eigenvalue weighted by molar-refractivity contribution is 0.0847. The summed E-state index contributed by atoms with van der Waals surface area (Å²) in [6, 6.07) is 0. The molecule has 5 heteroatoms. The van der Waals surface area contributed by atoms with Gasteiger partial charge in [0, 0.05) is 0 Å². The van der Waals surface area contributed by atoms with E-state index in [1.165, 1.54) is 13.8 Å². The average Bonchev–Trinajstić information content (AvgIpc) is 1.25. The molecule has 0 aliphatic carbocycles. The molecule has 0 aromatic carbocycles. The van der Waals surface area contributed by atoms with E-state index in [0.717, 1.165) is 0 Å². The maximum atomic E-state index is 8.96. The van der Waals surface area contributed by atoms with Crippen LogP contribution in [-0.2, 0) is 0 Å². The molecule has 0 fully saturated rings. The van der Waals surface area contributed by atoms with Gasteiger partial charge in [0.2, 0.25) is 3.79 Å². The van der Waals surface area contributed by atoms with Gasteiger partial charge in [-0.15, -0.1) is 12.4 Å². The Morgan fingerprint density at radius 3 is 1.22 bits per heavy atom. The lowest BCUT2D eigenvalue weighted by Gasteiger charge is -2.25. The quantitative estimate of drug-likeness (QED) is 0.614. The molecule has 1 nitrogen and oxygen atoms in total. The van der Waals surface area contributed by atoms with Crippen LogP contribution in [0.5, 0.6) is 0 Å². The predicted molar refractivity (Wildman–Crippen MR) is 43.8 cm³/mol. The van der Waals surface area contributed by atoms with Gasteiger partial charge in [-0.05, 0) is 13.8 Å². The van der Waals surface area contributed by atoms with Crippen LogP contribution >= 0.6 is 47.2 Å². The lowest BCUT2D eigenvalue weighted by Crippen LogP contribution is -2.35. The SMILES string of the molecule is CC(C)(O)C(Cl)(Cl)Cl.Cl. The standard InChI is InChI=1S/C4H7Cl3O.ClH/c1-3(2,8)4(5,6)7;/h8H,1-2H3;1H. The largest absolute Gasteiger partial charge is 0.386 e. The number of rotatable bonds is 0. The van der Waals surface area contributed by atoms with Crippen LogP contribution in [0.4, 0.5) is 0 Å². The molecule has 0 aliphatic heterocycles. The van der Waals surface area contributed by atoms with Crippen molar-refractivity contribution in [1.82, 2.24) is 0 Å². The number of aliphatic hydroxyl groups is 1. The Morgan fingerprint density at radius 2 is 1.22 bits per heavy atom. The number of alkyl halides is 3. The molecule has 0 saturated carbocycles. The molecule has 0 rings (SSSR count). The third-order valence-corrected chi connectivity index (χ3v) is 2.08. The zero-order chi connectivity index (χ0) is 7.00. The second-order valence-electron chi connectivity index (χ2n) is 2.06. The molecule has 0 heterocycles. The highest BCUT2D eigenvalue weighted by Gasteiger charge is 2.38. The first-order valence-electron chi connectivity index (χ1n) is 2.04. The van der Waals surface area contributed by atoms with Crippen LogP contribution in [0, 0.1) is 0 Å². The Hall–Kier alpha value is 1.12. The summed E-state index contributed by atoms with van der Waals surface area (Å²) >= 11 is 15.9. The summed E-state index contributed by atoms with van der Waals surface area (Å²) in [5.74, 6) is 0. The molecule has 9 heavy (non-hydrogen) atoms. The zero-order valence-corrected chi connectivity index (χ0v) is 8.07. The van der Waals surface area contributed by atoms with Gasteiger partial charge < -0.3 is 5.11 Å². The van der Waals surface area contributed by atoms with Gasteiger partial charge in [0.15, 0.2) is 0 Å². The van der Waals surface area contributed by atoms with Gasteiger partial charge in [0.05, 0.1) is 0 Å². The third kappa shape index (κ3) is 4.51. The van der Waals surface area contributed by atoms with Crippen molar-refractivity contribution in [1.29, 1.82) is 0 Å². The topological polar surface area (TPSA) is 20.2 Å². The van der Waals surface area contributed by atoms with Crippen LogP contribution < -0.4 is 0 Å². The molecule has 0 saturated heterocycles. The summed E-state index contributed by atoms with van der Waals surface area (Å²) < 4.78 is -1.59. The van der Waals surface area contributed by atoms with E-state index in [1.807, 2.05) is 0 Å². The number of halogens is 4. The molecule has 0 radical (unpaired) electrons. The normalized spacial score (nSPS) is 12.7. The molecule has 1 N–H and O–H groups in total. The second kappa shape index (κ2) is 3.49. The van der Waals surface area contributed by atoms with Gasteiger partial charge >= 0.3 is 0 Å². The van der Waals surface area contributed by atoms with Gasteiger partial charge in [-0.25, -0.2) is 0 Å². The molecule has 0 bridgehead atoms. The minimum absolute atomic E-state index is 0. The van der Waals surface area contributed by atoms with Gasteiger partial charge in [0.25, 0.3) is 0 Å². The van der Waals surface area contributed by atoms with Crippen molar-refractivity contribution in [3.8, 4) is 0 Å². The molecule has 58 valence electrons. The second-order valence-corrected chi connectivity index (χ2v) is 4.34. The van der Waals surface area contributed by atoms with Crippen LogP contribution in [0.1, 0.15) is 13.8 Å². The molecule has 0 unspecified atom stereocenters. The summed E-state index contributed by atoms with van der Waals surface area (Å²) in [5, 5.41) is 8.96. The van der Waals surface area contributed by atoms with Crippen LogP contribution in [0.25, 0.3) is 0 Å². The van der Waals surface area contributed by atoms with Crippen LogP contribution in [0.2, 0.25) is 0 Å². The smallest absolute Gasteiger partial charge is 0.218 e. The van der Waals surface area contributed by atoms with Gasteiger partial charge in [-0.2, -0.15) is 0 Å². The van der Waals surface area contributed by atoms with Gasteiger partial charge in [0.1, 0.15) is 5.60 Å². The highest BCUT2D eigenvalue weighted by Crippen LogP contribution is 2.37. The minimum atomic E-state index is -1.59. The highest BCUT2D eigenvalue weighted by atomic mass is 35.6. The Labute approximate surface area is 75.7 Å². The Morgan fingerprint density at radius 1 is 1.11 bits per heavy atom. The highest BCUT2D eigenvalue weighted by molar-refractivity contribution is 6.68. The van der Waals surface area contributed by atoms with E-state index in [0.29, 0.717) is 0 Å². The number of hydrogen-bond donors (Lipinski definition) is 1. The first-order valence-corrected chi connectivity index (χ1v) is 3.17. The molecule has 0 aromatic rings. The monoisotopic (exact) mass is 212 g/mol. The summed E-state index contributed by atoms with van der Waals surface area (Å²) in [5.41, 5.74) is -1.27. The minimum Gasteiger partial charge on any atom is -0.386 e. The maximum absolute atomic E-state index is 8.96. The van der Waals surface area contributed by atoms with Crippen LogP contribution in [0.3, 0.4) is 0 Å². The van der Waals surface area contributed by atoms with Gasteiger partial charge in [-0.1, -0.05) is 34.8 Å². The molecular formula is C4H8Cl4O. The van der Waals surface area contributed by atoms with E-state index in [-0.39, 0.29) is 12.4 Å². The molecule has 0 amide bonds. The van der Waals surface area contributed by atoms with E-state index in [2.05, 4.69) is 0 Å². The first kappa shape index (κ1) is 12.8. The third-order valence-electron chi connectivity index (χ3n) is 0.694. The fraction of sp³-hybridized carbons (Fsp3) is 1.00. The summed E-state index contributed by atoms with van der Waals surface area (Å²) in [7, 11) is 0. The van der Waals surface area contributed by atoms with Crippen molar-refractivity contribution in [2.75, 3.05) is 0 Å². The van der Waals surface area contributed by atoms with Gasteiger partial charge in [-0.3, -0.25) is 0 Å². The lowest BCUT2D eigenvalue weighted by atomic mass is 10.2. The van der Waals surface area contributed by atoms with E-state index in [4.69, 9.17) is 39.9 Å². The summed E-state index contributed by atoms with van der Waals surface area (Å²) in [6.07, 6.45) is 0. The maximum Gasteiger partial charge on any atom is 0.218 e.